The second kappa shape index (κ2) is 8.37. The van der Waals surface area contributed by atoms with E-state index in [0.717, 1.165) is 28.2 Å². The molecule has 4 saturated heterocycles. The van der Waals surface area contributed by atoms with Crippen LogP contribution in [0.25, 0.3) is 0 Å². The highest BCUT2D eigenvalue weighted by Crippen LogP contribution is 2.71. The van der Waals surface area contributed by atoms with Crippen LogP contribution in [0.4, 0.5) is 5.69 Å². The third kappa shape index (κ3) is 3.01. The Morgan fingerprint density at radius 2 is 1.92 bits per heavy atom. The number of aliphatic hydroxyl groups is 4. The number of quaternary nitrogens is 1. The Labute approximate surface area is 217 Å². The van der Waals surface area contributed by atoms with Gasteiger partial charge >= 0.3 is 5.97 Å². The van der Waals surface area contributed by atoms with Gasteiger partial charge in [0.1, 0.15) is 12.1 Å². The molecule has 11 heteroatoms. The van der Waals surface area contributed by atoms with Gasteiger partial charge in [0.15, 0.2) is 12.3 Å². The standard InChI is InChI=1S/C21H28BrN2O2.C4H6O6/c1-4-11-12-8-15-18-21(13-7-10(22)5-6-14(13)23(18)2)9-16(17(12)19(21)25)24(15,3)20(11)26;5-1(3(7)8)2(6)4(9)10/h5-7,11-12,15-20,25-26H,4,8-9H2,1-3H3;1-2,5-6H,(H,7,8)(H,9,10)/q+1;/p-1/t11-,12?,15-,16-,17?,18-,19?,20+,21?,24?;1-,2-/m01/s1. The van der Waals surface area contributed by atoms with Crippen LogP contribution in [0.2, 0.25) is 0 Å². The Hall–Kier alpha value is -1.76. The van der Waals surface area contributed by atoms with Crippen molar-refractivity contribution in [1.29, 1.82) is 0 Å². The number of carboxylic acids is 2. The van der Waals surface area contributed by atoms with Gasteiger partial charge in [0, 0.05) is 41.9 Å². The molecule has 5 unspecified atom stereocenters. The number of carboxylic acid groups (broad SMARTS) is 2. The van der Waals surface area contributed by atoms with Crippen molar-refractivity contribution in [3.05, 3.63) is 28.2 Å². The van der Waals surface area contributed by atoms with E-state index in [2.05, 4.69) is 60.0 Å². The van der Waals surface area contributed by atoms with Crippen LogP contribution >= 0.6 is 15.9 Å². The molecule has 198 valence electrons. The lowest BCUT2D eigenvalue weighted by atomic mass is 9.61. The minimum Gasteiger partial charge on any atom is -0.547 e. The average molecular weight is 569 g/mol. The SMILES string of the molecule is CC[C@H]1C2C[C@H]3[C@@H]4N(C)c5ccc(Br)cc5C45C[C@@H](C2C5O)[N+]3(C)[C@@H]1O.O=C([O-])[C@H](O)[C@@H](O)C(=O)O. The Morgan fingerprint density at radius 1 is 1.25 bits per heavy atom. The van der Waals surface area contributed by atoms with E-state index in [9.17, 15) is 24.9 Å². The van der Waals surface area contributed by atoms with Gasteiger partial charge in [-0.25, -0.2) is 4.79 Å². The number of hydrogen-bond donors (Lipinski definition) is 5. The summed E-state index contributed by atoms with van der Waals surface area (Å²) in [4.78, 5) is 21.8. The van der Waals surface area contributed by atoms with E-state index in [1.807, 2.05) is 0 Å². The predicted molar refractivity (Wildman–Crippen MR) is 128 cm³/mol. The van der Waals surface area contributed by atoms with Crippen LogP contribution in [-0.2, 0) is 15.0 Å². The summed E-state index contributed by atoms with van der Waals surface area (Å²) in [6.45, 7) is 2.21. The average Bonchev–Trinajstić information content (AvgIpc) is 3.21. The lowest BCUT2D eigenvalue weighted by Crippen LogP contribution is -2.81. The molecule has 5 aliphatic heterocycles. The number of aliphatic carboxylic acids is 2. The molecule has 5 N–H and O–H groups in total. The first-order valence-corrected chi connectivity index (χ1v) is 13.2. The fourth-order valence-electron chi connectivity index (χ4n) is 8.86. The number of halogens is 1. The highest BCUT2D eigenvalue weighted by Gasteiger charge is 2.82. The summed E-state index contributed by atoms with van der Waals surface area (Å²) in [7, 11) is 4.50. The van der Waals surface area contributed by atoms with Crippen LogP contribution in [0.1, 0.15) is 31.7 Å². The van der Waals surface area contributed by atoms with E-state index in [1.54, 1.807) is 0 Å². The van der Waals surface area contributed by atoms with E-state index in [-0.39, 0.29) is 23.8 Å². The van der Waals surface area contributed by atoms with Crippen LogP contribution in [0.5, 0.6) is 0 Å². The zero-order valence-corrected chi connectivity index (χ0v) is 21.9. The largest absolute Gasteiger partial charge is 0.547 e. The molecule has 0 aromatic heterocycles. The molecule has 36 heavy (non-hydrogen) atoms. The minimum atomic E-state index is -2.38. The number of piperidine rings is 4. The van der Waals surface area contributed by atoms with E-state index in [4.69, 9.17) is 15.3 Å². The van der Waals surface area contributed by atoms with Crippen LogP contribution in [0, 0.1) is 17.8 Å². The number of rotatable bonds is 4. The van der Waals surface area contributed by atoms with Crippen molar-refractivity contribution in [2.24, 2.45) is 17.8 Å². The van der Waals surface area contributed by atoms with Gasteiger partial charge in [-0.2, -0.15) is 0 Å². The Balaban J connectivity index is 0.000000230. The van der Waals surface area contributed by atoms with Crippen LogP contribution in [0.3, 0.4) is 0 Å². The summed E-state index contributed by atoms with van der Waals surface area (Å²) in [5.41, 5.74) is 2.44. The lowest BCUT2D eigenvalue weighted by molar-refractivity contribution is -1.02. The Bertz CT molecular complexity index is 1090. The smallest absolute Gasteiger partial charge is 0.335 e. The van der Waals surface area contributed by atoms with E-state index < -0.39 is 24.1 Å². The molecule has 1 spiro atoms. The van der Waals surface area contributed by atoms with Crippen molar-refractivity contribution in [2.75, 3.05) is 19.0 Å². The number of hydrogen-bond acceptors (Lipinski definition) is 8. The molecule has 6 aliphatic rings. The fourth-order valence-corrected chi connectivity index (χ4v) is 9.22. The molecule has 1 aromatic carbocycles. The zero-order valence-electron chi connectivity index (χ0n) is 20.4. The van der Waals surface area contributed by atoms with Crippen molar-refractivity contribution >= 4 is 33.6 Å². The molecule has 5 bridgehead atoms. The van der Waals surface area contributed by atoms with Gasteiger partial charge in [-0.3, -0.25) is 4.48 Å². The van der Waals surface area contributed by atoms with Gasteiger partial charge in [-0.1, -0.05) is 22.9 Å². The number of benzene rings is 1. The maximum Gasteiger partial charge on any atom is 0.335 e. The van der Waals surface area contributed by atoms with Gasteiger partial charge < -0.3 is 40.3 Å². The molecule has 10 nitrogen and oxygen atoms in total. The van der Waals surface area contributed by atoms with Crippen molar-refractivity contribution in [3.63, 3.8) is 0 Å². The second-order valence-corrected chi connectivity index (χ2v) is 12.2. The zero-order chi connectivity index (χ0) is 26.5. The molecule has 1 aliphatic carbocycles. The molecule has 12 atom stereocenters. The van der Waals surface area contributed by atoms with Crippen LogP contribution < -0.4 is 10.0 Å². The van der Waals surface area contributed by atoms with E-state index >= 15 is 0 Å². The van der Waals surface area contributed by atoms with Crippen molar-refractivity contribution < 1.29 is 44.7 Å². The molecular formula is C25H33BrN2O8. The maximum atomic E-state index is 11.8. The molecular weight excluding hydrogens is 536 g/mol. The number of fused-ring (bicyclic) bond motifs is 2. The third-order valence-corrected chi connectivity index (χ3v) is 10.7. The number of nitrogens with zero attached hydrogens (tertiary/aromatic N) is 2. The number of carbonyl (C=O) groups excluding carboxylic acids is 1. The Morgan fingerprint density at radius 3 is 2.47 bits per heavy atom. The molecule has 0 radical (unpaired) electrons. The number of carbonyl (C=O) groups is 2. The van der Waals surface area contributed by atoms with E-state index in [0.29, 0.717) is 29.8 Å². The second-order valence-electron chi connectivity index (χ2n) is 11.3. The van der Waals surface area contributed by atoms with Gasteiger partial charge in [0.05, 0.1) is 36.6 Å². The van der Waals surface area contributed by atoms with Crippen molar-refractivity contribution in [3.8, 4) is 0 Å². The van der Waals surface area contributed by atoms with Crippen LogP contribution in [-0.4, -0.2) is 98.7 Å². The summed E-state index contributed by atoms with van der Waals surface area (Å²) in [6.07, 6.45) is -2.12. The molecule has 1 saturated carbocycles. The molecule has 1 aromatic rings. The highest BCUT2D eigenvalue weighted by molar-refractivity contribution is 9.10. The first-order valence-electron chi connectivity index (χ1n) is 12.4. The highest BCUT2D eigenvalue weighted by atomic mass is 79.9. The summed E-state index contributed by atoms with van der Waals surface area (Å²) in [6, 6.07) is 7.66. The number of anilines is 1. The molecule has 5 heterocycles. The van der Waals surface area contributed by atoms with E-state index in [1.165, 1.54) is 11.3 Å². The van der Waals surface area contributed by atoms with Crippen molar-refractivity contribution in [2.45, 2.75) is 74.3 Å². The first-order chi connectivity index (χ1) is 16.8. The quantitative estimate of drug-likeness (QED) is 0.287. The first kappa shape index (κ1) is 25.9. The lowest BCUT2D eigenvalue weighted by Gasteiger charge is -2.66. The summed E-state index contributed by atoms with van der Waals surface area (Å²) in [5.74, 6) is -2.71. The summed E-state index contributed by atoms with van der Waals surface area (Å²) in [5, 5.41) is 57.3. The molecule has 7 rings (SSSR count). The number of likely N-dealkylation sites (N-methyl/N-ethyl adjacent to an activating group) is 2. The normalized spacial score (nSPS) is 44.4. The molecule has 0 amide bonds. The van der Waals surface area contributed by atoms with Crippen molar-refractivity contribution in [1.82, 2.24) is 0 Å². The predicted octanol–water partition coefficient (Wildman–Crippen LogP) is -0.996. The van der Waals surface area contributed by atoms with Gasteiger partial charge in [-0.15, -0.1) is 0 Å². The minimum absolute atomic E-state index is 0.164. The Kier molecular flexibility index (Phi) is 6.02. The third-order valence-electron chi connectivity index (χ3n) is 10.2. The fraction of sp³-hybridized carbons (Fsp3) is 0.680. The molecule has 5 fully saturated rings. The monoisotopic (exact) mass is 568 g/mol. The van der Waals surface area contributed by atoms with Gasteiger partial charge in [0.25, 0.3) is 0 Å². The topological polar surface area (TPSA) is 162 Å². The van der Waals surface area contributed by atoms with Gasteiger partial charge in [-0.05, 0) is 36.1 Å². The van der Waals surface area contributed by atoms with Crippen LogP contribution in [0.15, 0.2) is 22.7 Å². The number of aliphatic hydroxyl groups excluding tert-OH is 4. The summed E-state index contributed by atoms with van der Waals surface area (Å²) >= 11 is 3.67. The van der Waals surface area contributed by atoms with Gasteiger partial charge in [0.2, 0.25) is 0 Å². The maximum absolute atomic E-state index is 11.8. The summed E-state index contributed by atoms with van der Waals surface area (Å²) < 4.78 is 1.87.